The smallest absolute Gasteiger partial charge is 0.263 e. The Hall–Kier alpha value is -1.65. The molecule has 2 nitrogen and oxygen atoms in total. The van der Waals surface area contributed by atoms with Gasteiger partial charge in [-0.05, 0) is 34.9 Å². The molecule has 0 radical (unpaired) electrons. The van der Waals surface area contributed by atoms with Crippen LogP contribution in [0.2, 0.25) is 0 Å². The molecule has 1 aliphatic heterocycles. The number of fused-ring (bicyclic) bond motifs is 1. The molecule has 0 spiro atoms. The number of hydrogen-bond donors (Lipinski definition) is 1. The molecular weight excluding hydrogens is 274 g/mol. The fraction of sp³-hybridized carbons (Fsp3) is 0.0667. The van der Waals surface area contributed by atoms with Gasteiger partial charge < -0.3 is 5.32 Å². The van der Waals surface area contributed by atoms with E-state index in [2.05, 4.69) is 30.4 Å². The number of aryl methyl sites for hydroxylation is 1. The average molecular weight is 285 g/mol. The van der Waals surface area contributed by atoms with E-state index < -0.39 is 0 Å². The highest BCUT2D eigenvalue weighted by Crippen LogP contribution is 2.29. The van der Waals surface area contributed by atoms with Crippen LogP contribution in [-0.2, 0) is 4.79 Å². The minimum atomic E-state index is -0.111. The zero-order valence-electron chi connectivity index (χ0n) is 10.3. The number of amides is 1. The zero-order chi connectivity index (χ0) is 13.4. The maximum absolute atomic E-state index is 11.7. The molecular formula is C15H11NOS2. The summed E-state index contributed by atoms with van der Waals surface area (Å²) in [5.41, 5.74) is 2.28. The van der Waals surface area contributed by atoms with Crippen molar-refractivity contribution in [2.24, 2.45) is 0 Å². The molecule has 0 atom stereocenters. The molecule has 0 aromatic heterocycles. The lowest BCUT2D eigenvalue weighted by Gasteiger charge is -2.05. The molecule has 1 aliphatic rings. The van der Waals surface area contributed by atoms with Crippen LogP contribution in [0.1, 0.15) is 11.1 Å². The molecule has 0 aliphatic carbocycles. The fourth-order valence-electron chi connectivity index (χ4n) is 2.16. The van der Waals surface area contributed by atoms with Crippen LogP contribution in [-0.4, -0.2) is 10.2 Å². The summed E-state index contributed by atoms with van der Waals surface area (Å²) in [5, 5.41) is 5.00. The van der Waals surface area contributed by atoms with Gasteiger partial charge in [0.2, 0.25) is 0 Å². The van der Waals surface area contributed by atoms with Gasteiger partial charge in [-0.1, -0.05) is 60.4 Å². The molecule has 1 fully saturated rings. The van der Waals surface area contributed by atoms with Crippen molar-refractivity contribution in [3.8, 4) is 0 Å². The van der Waals surface area contributed by atoms with Crippen molar-refractivity contribution in [2.45, 2.75) is 6.92 Å². The van der Waals surface area contributed by atoms with Crippen molar-refractivity contribution in [2.75, 3.05) is 0 Å². The van der Waals surface area contributed by atoms with Gasteiger partial charge in [0.05, 0.1) is 4.91 Å². The van der Waals surface area contributed by atoms with Gasteiger partial charge >= 0.3 is 0 Å². The molecule has 4 heteroatoms. The molecule has 1 saturated heterocycles. The van der Waals surface area contributed by atoms with Gasteiger partial charge in [-0.3, -0.25) is 4.79 Å². The predicted molar refractivity (Wildman–Crippen MR) is 85.0 cm³/mol. The normalized spacial score (nSPS) is 17.2. The number of nitrogens with one attached hydrogen (secondary N) is 1. The molecule has 0 saturated carbocycles. The zero-order valence-corrected chi connectivity index (χ0v) is 11.9. The van der Waals surface area contributed by atoms with Gasteiger partial charge in [-0.15, -0.1) is 0 Å². The molecule has 19 heavy (non-hydrogen) atoms. The van der Waals surface area contributed by atoms with Gasteiger partial charge in [0.1, 0.15) is 4.32 Å². The van der Waals surface area contributed by atoms with E-state index in [0.29, 0.717) is 9.23 Å². The van der Waals surface area contributed by atoms with Crippen LogP contribution in [0, 0.1) is 6.92 Å². The number of thioether (sulfide) groups is 1. The van der Waals surface area contributed by atoms with Crippen LogP contribution < -0.4 is 5.32 Å². The molecule has 94 valence electrons. The molecule has 2 aromatic rings. The maximum Gasteiger partial charge on any atom is 0.263 e. The van der Waals surface area contributed by atoms with Crippen LogP contribution in [0.15, 0.2) is 41.3 Å². The molecule has 2 aromatic carbocycles. The Morgan fingerprint density at radius 2 is 1.89 bits per heavy atom. The highest BCUT2D eigenvalue weighted by Gasteiger charge is 2.22. The number of thiocarbonyl (C=S) groups is 1. The van der Waals surface area contributed by atoms with E-state index in [1.54, 1.807) is 0 Å². The molecule has 1 heterocycles. The molecule has 0 unspecified atom stereocenters. The number of carbonyl (C=O) groups is 1. The second-order valence-corrected chi connectivity index (χ2v) is 6.09. The summed E-state index contributed by atoms with van der Waals surface area (Å²) < 4.78 is 0.521. The van der Waals surface area contributed by atoms with Gasteiger partial charge in [-0.25, -0.2) is 0 Å². The van der Waals surface area contributed by atoms with E-state index in [4.69, 9.17) is 12.2 Å². The summed E-state index contributed by atoms with van der Waals surface area (Å²) in [7, 11) is 0. The molecule has 1 N–H and O–H groups in total. The third-order valence-electron chi connectivity index (χ3n) is 3.10. The highest BCUT2D eigenvalue weighted by molar-refractivity contribution is 8.26. The minimum absolute atomic E-state index is 0.111. The van der Waals surface area contributed by atoms with E-state index in [1.807, 2.05) is 24.3 Å². The third-order valence-corrected chi connectivity index (χ3v) is 4.27. The van der Waals surface area contributed by atoms with Crippen LogP contribution in [0.3, 0.4) is 0 Å². The molecule has 0 bridgehead atoms. The van der Waals surface area contributed by atoms with Crippen LogP contribution in [0.5, 0.6) is 0 Å². The highest BCUT2D eigenvalue weighted by atomic mass is 32.2. The Kier molecular flexibility index (Phi) is 3.12. The summed E-state index contributed by atoms with van der Waals surface area (Å²) >= 11 is 6.31. The van der Waals surface area contributed by atoms with E-state index in [1.165, 1.54) is 22.7 Å². The Morgan fingerprint density at radius 3 is 2.58 bits per heavy atom. The van der Waals surface area contributed by atoms with E-state index in [9.17, 15) is 4.79 Å². The number of benzene rings is 2. The summed E-state index contributed by atoms with van der Waals surface area (Å²) in [5.74, 6) is -0.111. The van der Waals surface area contributed by atoms with Crippen molar-refractivity contribution < 1.29 is 4.79 Å². The monoisotopic (exact) mass is 285 g/mol. The number of hydrogen-bond acceptors (Lipinski definition) is 3. The lowest BCUT2D eigenvalue weighted by atomic mass is 10.00. The Balaban J connectivity index is 2.17. The second kappa shape index (κ2) is 4.79. The molecule has 3 rings (SSSR count). The van der Waals surface area contributed by atoms with Crippen molar-refractivity contribution in [1.29, 1.82) is 0 Å². The second-order valence-electron chi connectivity index (χ2n) is 4.37. The third kappa shape index (κ3) is 2.29. The first-order chi connectivity index (χ1) is 9.15. The van der Waals surface area contributed by atoms with E-state index in [0.717, 1.165) is 10.9 Å². The van der Waals surface area contributed by atoms with Gasteiger partial charge in [0, 0.05) is 0 Å². The lowest BCUT2D eigenvalue weighted by molar-refractivity contribution is -0.115. The summed E-state index contributed by atoms with van der Waals surface area (Å²) in [4.78, 5) is 12.4. The predicted octanol–water partition coefficient (Wildman–Crippen LogP) is 3.64. The van der Waals surface area contributed by atoms with Crippen LogP contribution in [0.25, 0.3) is 16.8 Å². The SMILES string of the molecule is Cc1ccc(/C=C2\SC(=S)NC2=O)c2ccccc12. The quantitative estimate of drug-likeness (QED) is 0.641. The van der Waals surface area contributed by atoms with Crippen LogP contribution in [0.4, 0.5) is 0 Å². The first-order valence-electron chi connectivity index (χ1n) is 5.88. The van der Waals surface area contributed by atoms with Gasteiger partial charge in [-0.2, -0.15) is 0 Å². The first-order valence-corrected chi connectivity index (χ1v) is 7.11. The maximum atomic E-state index is 11.7. The topological polar surface area (TPSA) is 29.1 Å². The Morgan fingerprint density at radius 1 is 1.16 bits per heavy atom. The van der Waals surface area contributed by atoms with Crippen molar-refractivity contribution in [3.05, 3.63) is 52.4 Å². The van der Waals surface area contributed by atoms with E-state index in [-0.39, 0.29) is 5.91 Å². The first kappa shape index (κ1) is 12.4. The Bertz CT molecular complexity index is 734. The standard InChI is InChI=1S/C15H11NOS2/c1-9-6-7-10(12-5-3-2-4-11(9)12)8-13-14(17)16-15(18)19-13/h2-8H,1H3,(H,16,17,18)/b13-8-. The van der Waals surface area contributed by atoms with Gasteiger partial charge in [0.25, 0.3) is 5.91 Å². The van der Waals surface area contributed by atoms with Crippen molar-refractivity contribution in [3.63, 3.8) is 0 Å². The minimum Gasteiger partial charge on any atom is -0.307 e. The van der Waals surface area contributed by atoms with Crippen LogP contribution >= 0.6 is 24.0 Å². The summed E-state index contributed by atoms with van der Waals surface area (Å²) in [6, 6.07) is 12.3. The van der Waals surface area contributed by atoms with Crippen molar-refractivity contribution >= 4 is 51.1 Å². The average Bonchev–Trinajstić information content (AvgIpc) is 2.72. The van der Waals surface area contributed by atoms with E-state index >= 15 is 0 Å². The summed E-state index contributed by atoms with van der Waals surface area (Å²) in [6.45, 7) is 2.09. The van der Waals surface area contributed by atoms with Crippen molar-refractivity contribution in [1.82, 2.24) is 5.32 Å². The number of rotatable bonds is 1. The fourth-order valence-corrected chi connectivity index (χ4v) is 3.20. The summed E-state index contributed by atoms with van der Waals surface area (Å²) in [6.07, 6.45) is 1.90. The number of carbonyl (C=O) groups excluding carboxylic acids is 1. The molecule has 1 amide bonds. The lowest BCUT2D eigenvalue weighted by Crippen LogP contribution is -2.17. The van der Waals surface area contributed by atoms with Gasteiger partial charge in [0.15, 0.2) is 0 Å². The largest absolute Gasteiger partial charge is 0.307 e. The Labute approximate surface area is 120 Å².